The molecule has 0 bridgehead atoms. The van der Waals surface area contributed by atoms with E-state index in [0.29, 0.717) is 34.8 Å². The normalized spacial score (nSPS) is 11.0. The molecule has 2 aliphatic rings. The third-order valence-electron chi connectivity index (χ3n) is 6.03. The van der Waals surface area contributed by atoms with Crippen molar-refractivity contribution in [1.82, 2.24) is 9.89 Å². The van der Waals surface area contributed by atoms with E-state index >= 15 is 0 Å². The highest BCUT2D eigenvalue weighted by Crippen LogP contribution is 2.42. The Morgan fingerprint density at radius 1 is 1.03 bits per heavy atom. The number of methoxy groups -OCH3 is 1. The van der Waals surface area contributed by atoms with Crippen LogP contribution in [0.4, 0.5) is 0 Å². The molecular weight excluding hydrogens is 444 g/mol. The summed E-state index contributed by atoms with van der Waals surface area (Å²) in [6.07, 6.45) is 1.82. The average molecular weight is 474 g/mol. The molecule has 2 N–H and O–H groups in total. The molecule has 0 saturated carbocycles. The number of benzene rings is 3. The molecule has 1 aliphatic heterocycles. The number of hydrogen-bond acceptors (Lipinski definition) is 4. The monoisotopic (exact) mass is 473 g/mol. The van der Waals surface area contributed by atoms with Crippen molar-refractivity contribution in [1.29, 1.82) is 0 Å². The van der Waals surface area contributed by atoms with Crippen LogP contribution in [0.1, 0.15) is 40.5 Å². The Kier molecular flexibility index (Phi) is 6.87. The van der Waals surface area contributed by atoms with Crippen molar-refractivity contribution >= 4 is 22.8 Å². The zero-order valence-corrected chi connectivity index (χ0v) is 20.3. The first-order valence-electron chi connectivity index (χ1n) is 11.5. The zero-order valence-electron chi connectivity index (χ0n) is 20.3. The lowest BCUT2D eigenvalue weighted by Gasteiger charge is -2.17. The van der Waals surface area contributed by atoms with E-state index in [4.69, 9.17) is 9.15 Å². The fraction of sp³-hybridized carbons (Fsp3) is 0.250. The van der Waals surface area contributed by atoms with Crippen molar-refractivity contribution in [2.75, 3.05) is 27.7 Å². The summed E-state index contributed by atoms with van der Waals surface area (Å²) in [5.74, 6) is -0.146. The van der Waals surface area contributed by atoms with E-state index in [1.165, 1.54) is 6.07 Å². The molecule has 7 nitrogen and oxygen atoms in total. The number of carbonyl (C=O) groups excluding carboxylic acids is 1. The van der Waals surface area contributed by atoms with Gasteiger partial charge in [-0.2, -0.15) is 0 Å². The number of nitrogens with one attached hydrogen (secondary N) is 1. The van der Waals surface area contributed by atoms with Gasteiger partial charge < -0.3 is 19.6 Å². The van der Waals surface area contributed by atoms with Crippen LogP contribution in [0, 0.1) is 0 Å². The average Bonchev–Trinajstić information content (AvgIpc) is 2.86. The Bertz CT molecular complexity index is 1460. The molecule has 7 heteroatoms. The van der Waals surface area contributed by atoms with Crippen LogP contribution in [0.2, 0.25) is 0 Å². The lowest BCUT2D eigenvalue weighted by Crippen LogP contribution is -2.24. The topological polar surface area (TPSA) is 91.8 Å². The molecule has 0 unspecified atom stereocenters. The van der Waals surface area contributed by atoms with E-state index in [1.807, 2.05) is 55.9 Å². The minimum Gasteiger partial charge on any atom is -0.497 e. The van der Waals surface area contributed by atoms with Crippen LogP contribution >= 0.6 is 0 Å². The summed E-state index contributed by atoms with van der Waals surface area (Å²) >= 11 is 0. The second-order valence-corrected chi connectivity index (χ2v) is 8.59. The summed E-state index contributed by atoms with van der Waals surface area (Å²) in [6, 6.07) is 16.1. The van der Waals surface area contributed by atoms with Gasteiger partial charge in [-0.05, 0) is 42.3 Å². The molecule has 1 amide bonds. The maximum atomic E-state index is 12.6. The molecule has 0 fully saturated rings. The highest BCUT2D eigenvalue weighted by atomic mass is 16.5. The highest BCUT2D eigenvalue weighted by Gasteiger charge is 2.23. The summed E-state index contributed by atoms with van der Waals surface area (Å²) in [7, 11) is 5.47. The van der Waals surface area contributed by atoms with E-state index in [9.17, 15) is 14.7 Å². The first-order valence-corrected chi connectivity index (χ1v) is 11.5. The van der Waals surface area contributed by atoms with Gasteiger partial charge in [-0.25, -0.2) is 9.37 Å². The van der Waals surface area contributed by atoms with Crippen LogP contribution in [0.25, 0.3) is 33.4 Å². The summed E-state index contributed by atoms with van der Waals surface area (Å²) in [5, 5.41) is 14.7. The lowest BCUT2D eigenvalue weighted by molar-refractivity contribution is 0.0697. The van der Waals surface area contributed by atoms with Crippen molar-refractivity contribution in [2.24, 2.45) is 0 Å². The quantitative estimate of drug-likeness (QED) is 0.235. The minimum absolute atomic E-state index is 0.0504. The highest BCUT2D eigenvalue weighted by molar-refractivity contribution is 6.09. The Labute approximate surface area is 203 Å². The minimum atomic E-state index is -1.11. The maximum absolute atomic E-state index is 12.6. The van der Waals surface area contributed by atoms with Gasteiger partial charge in [0, 0.05) is 40.8 Å². The Morgan fingerprint density at radius 3 is 2.49 bits per heavy atom. The molecular formula is C28H29N2O5+. The molecule has 0 aromatic heterocycles. The van der Waals surface area contributed by atoms with Gasteiger partial charge in [0.25, 0.3) is 5.91 Å². The standard InChI is InChI=1S/C28H28N2O5/c1-5-6-13-29-27(31)17-7-10-20(23(14-17)28(32)33)26-21-11-8-18(30(2)3)15-24(21)35-25-16-19(34-4)9-12-22(25)26/h7-12,14-16H,5-6,13H2,1-4H3,(H-,29,31,32,33)/p+1. The van der Waals surface area contributed by atoms with E-state index in [2.05, 4.69) is 5.32 Å². The summed E-state index contributed by atoms with van der Waals surface area (Å²) < 4.78 is 13.6. The first kappa shape index (κ1) is 24.0. The van der Waals surface area contributed by atoms with Crippen molar-refractivity contribution in [3.05, 3.63) is 71.1 Å². The first-order chi connectivity index (χ1) is 16.8. The van der Waals surface area contributed by atoms with Crippen LogP contribution in [-0.2, 0) is 0 Å². The predicted octanol–water partition coefficient (Wildman–Crippen LogP) is 4.47. The molecule has 2 aromatic rings. The van der Waals surface area contributed by atoms with Gasteiger partial charge in [-0.3, -0.25) is 4.79 Å². The number of carboxylic acid groups (broad SMARTS) is 1. The number of fused-ring (bicyclic) bond motifs is 2. The van der Waals surface area contributed by atoms with Gasteiger partial charge in [0.15, 0.2) is 0 Å². The van der Waals surface area contributed by atoms with Gasteiger partial charge in [-0.1, -0.05) is 19.4 Å². The van der Waals surface area contributed by atoms with Crippen LogP contribution in [-0.4, -0.2) is 44.7 Å². The summed E-state index contributed by atoms with van der Waals surface area (Å²) in [4.78, 5) is 25.0. The fourth-order valence-corrected chi connectivity index (χ4v) is 4.12. The van der Waals surface area contributed by atoms with Gasteiger partial charge in [0.1, 0.15) is 31.2 Å². The van der Waals surface area contributed by atoms with Crippen LogP contribution in [0.15, 0.2) is 59.0 Å². The third kappa shape index (κ3) is 4.75. The summed E-state index contributed by atoms with van der Waals surface area (Å²) in [5.41, 5.74) is 2.94. The molecule has 0 saturated heterocycles. The van der Waals surface area contributed by atoms with E-state index in [-0.39, 0.29) is 11.5 Å². The smallest absolute Gasteiger partial charge is 0.336 e. The SMILES string of the molecule is CCCCNC(=O)c1ccc(-c2c3ccc(=[N+](C)C)cc-3oc3cc(OC)ccc23)c(C(=O)O)c1. The number of aromatic carboxylic acids is 1. The molecule has 0 radical (unpaired) electrons. The van der Waals surface area contributed by atoms with Crippen LogP contribution < -0.4 is 20.0 Å². The van der Waals surface area contributed by atoms with E-state index in [1.54, 1.807) is 25.3 Å². The molecule has 1 aliphatic carbocycles. The molecule has 1 heterocycles. The molecule has 4 rings (SSSR count). The number of carbonyl (C=O) groups is 2. The molecule has 0 spiro atoms. The molecule has 2 aromatic carbocycles. The predicted molar refractivity (Wildman–Crippen MR) is 136 cm³/mol. The fourth-order valence-electron chi connectivity index (χ4n) is 4.12. The van der Waals surface area contributed by atoms with Crippen molar-refractivity contribution < 1.29 is 23.8 Å². The number of rotatable bonds is 7. The van der Waals surface area contributed by atoms with Gasteiger partial charge in [0.2, 0.25) is 5.36 Å². The second-order valence-electron chi connectivity index (χ2n) is 8.59. The number of hydrogen-bond donors (Lipinski definition) is 2. The number of amides is 1. The van der Waals surface area contributed by atoms with E-state index < -0.39 is 5.97 Å². The number of carboxylic acids is 1. The van der Waals surface area contributed by atoms with Crippen molar-refractivity contribution in [3.8, 4) is 28.2 Å². The maximum Gasteiger partial charge on any atom is 0.336 e. The second kappa shape index (κ2) is 10.0. The van der Waals surface area contributed by atoms with Gasteiger partial charge in [-0.15, -0.1) is 0 Å². The number of unbranched alkanes of at least 4 members (excludes halogenated alkanes) is 1. The van der Waals surface area contributed by atoms with E-state index in [0.717, 1.165) is 34.7 Å². The van der Waals surface area contributed by atoms with Crippen LogP contribution in [0.5, 0.6) is 5.75 Å². The Hall–Kier alpha value is -4.13. The molecule has 0 atom stereocenters. The number of ether oxygens (including phenoxy) is 1. The van der Waals surface area contributed by atoms with Crippen molar-refractivity contribution in [3.63, 3.8) is 0 Å². The Balaban J connectivity index is 1.99. The largest absolute Gasteiger partial charge is 0.497 e. The zero-order chi connectivity index (χ0) is 25.1. The molecule has 180 valence electrons. The van der Waals surface area contributed by atoms with Crippen molar-refractivity contribution in [2.45, 2.75) is 19.8 Å². The Morgan fingerprint density at radius 2 is 1.80 bits per heavy atom. The lowest BCUT2D eigenvalue weighted by atomic mass is 9.89. The van der Waals surface area contributed by atoms with Gasteiger partial charge in [0.05, 0.1) is 18.7 Å². The molecule has 35 heavy (non-hydrogen) atoms. The number of nitrogens with zero attached hydrogens (tertiary/aromatic N) is 1. The third-order valence-corrected chi connectivity index (χ3v) is 6.03. The summed E-state index contributed by atoms with van der Waals surface area (Å²) in [6.45, 7) is 2.59. The van der Waals surface area contributed by atoms with Crippen LogP contribution in [0.3, 0.4) is 0 Å². The van der Waals surface area contributed by atoms with Gasteiger partial charge >= 0.3 is 5.97 Å².